The molecule has 130 valence electrons. The van der Waals surface area contributed by atoms with E-state index in [-0.39, 0.29) is 17.7 Å². The smallest absolute Gasteiger partial charge is 0.329 e. The van der Waals surface area contributed by atoms with Crippen molar-refractivity contribution in [2.75, 3.05) is 7.05 Å². The Bertz CT molecular complexity index is 633. The second kappa shape index (κ2) is 7.03. The molecule has 24 heavy (non-hydrogen) atoms. The minimum absolute atomic E-state index is 0.0604. The number of hydrogen-bond donors (Lipinski definition) is 2. The molecule has 2 amide bonds. The number of nitrogens with zero attached hydrogens (tertiary/aromatic N) is 1. The normalized spacial score (nSPS) is 15.5. The van der Waals surface area contributed by atoms with E-state index in [9.17, 15) is 19.5 Å². The molecular weight excluding hydrogens is 308 g/mol. The molecule has 0 aromatic heterocycles. The summed E-state index contributed by atoms with van der Waals surface area (Å²) in [6.07, 6.45) is 1.74. The van der Waals surface area contributed by atoms with Gasteiger partial charge in [0.1, 0.15) is 5.54 Å². The van der Waals surface area contributed by atoms with Crippen LogP contribution in [-0.2, 0) is 16.1 Å². The Kier molecular flexibility index (Phi) is 5.26. The second-order valence-corrected chi connectivity index (χ2v) is 6.74. The van der Waals surface area contributed by atoms with E-state index in [4.69, 9.17) is 0 Å². The van der Waals surface area contributed by atoms with Gasteiger partial charge in [-0.1, -0.05) is 26.0 Å². The lowest BCUT2D eigenvalue weighted by atomic mass is 9.76. The largest absolute Gasteiger partial charge is 0.480 e. The van der Waals surface area contributed by atoms with Gasteiger partial charge in [0, 0.05) is 25.1 Å². The number of amides is 2. The van der Waals surface area contributed by atoms with Gasteiger partial charge in [-0.15, -0.1) is 0 Å². The van der Waals surface area contributed by atoms with E-state index < -0.39 is 11.5 Å². The Morgan fingerprint density at radius 2 is 1.79 bits per heavy atom. The summed E-state index contributed by atoms with van der Waals surface area (Å²) in [6.45, 7) is 4.17. The van der Waals surface area contributed by atoms with Crippen LogP contribution in [0.15, 0.2) is 24.3 Å². The minimum atomic E-state index is -1.11. The van der Waals surface area contributed by atoms with E-state index in [1.807, 2.05) is 13.8 Å². The fourth-order valence-corrected chi connectivity index (χ4v) is 2.77. The molecule has 1 aliphatic carbocycles. The zero-order valence-electron chi connectivity index (χ0n) is 14.3. The van der Waals surface area contributed by atoms with Gasteiger partial charge in [0.15, 0.2) is 0 Å². The highest BCUT2D eigenvalue weighted by atomic mass is 16.4. The van der Waals surface area contributed by atoms with Gasteiger partial charge in [-0.3, -0.25) is 9.59 Å². The van der Waals surface area contributed by atoms with Gasteiger partial charge in [0.2, 0.25) is 5.91 Å². The zero-order chi connectivity index (χ0) is 17.9. The predicted octanol–water partition coefficient (Wildman–Crippen LogP) is 2.04. The molecule has 0 radical (unpaired) electrons. The number of carbonyl (C=O) groups is 3. The summed E-state index contributed by atoms with van der Waals surface area (Å²) >= 11 is 0. The maximum atomic E-state index is 12.2. The number of rotatable bonds is 6. The van der Waals surface area contributed by atoms with E-state index in [0.29, 0.717) is 24.9 Å². The summed E-state index contributed by atoms with van der Waals surface area (Å²) in [5.74, 6) is -1.36. The average molecular weight is 332 g/mol. The number of hydrogen-bond acceptors (Lipinski definition) is 3. The molecule has 0 saturated heterocycles. The third-order valence-electron chi connectivity index (χ3n) is 4.48. The molecule has 0 bridgehead atoms. The van der Waals surface area contributed by atoms with Gasteiger partial charge in [-0.25, -0.2) is 4.79 Å². The molecule has 6 nitrogen and oxygen atoms in total. The molecule has 0 heterocycles. The first kappa shape index (κ1) is 18.0. The summed E-state index contributed by atoms with van der Waals surface area (Å²) in [5.41, 5.74) is 0.225. The number of carbonyl (C=O) groups excluding carboxylic acids is 2. The Hall–Kier alpha value is -2.37. The monoisotopic (exact) mass is 332 g/mol. The van der Waals surface area contributed by atoms with Crippen LogP contribution in [0.5, 0.6) is 0 Å². The van der Waals surface area contributed by atoms with E-state index in [0.717, 1.165) is 12.0 Å². The Morgan fingerprint density at radius 3 is 2.21 bits per heavy atom. The molecule has 2 N–H and O–H groups in total. The first-order chi connectivity index (χ1) is 11.2. The SMILES string of the molecule is CC(C)C(=O)N(C)Cc1ccc(C(=O)NC2(C(=O)O)CCC2)cc1. The first-order valence-electron chi connectivity index (χ1n) is 8.15. The Labute approximate surface area is 141 Å². The molecule has 0 unspecified atom stereocenters. The predicted molar refractivity (Wildman–Crippen MR) is 89.4 cm³/mol. The fourth-order valence-electron chi connectivity index (χ4n) is 2.77. The maximum absolute atomic E-state index is 12.2. The topological polar surface area (TPSA) is 86.7 Å². The zero-order valence-corrected chi connectivity index (χ0v) is 14.3. The van der Waals surface area contributed by atoms with Crippen LogP contribution in [0.1, 0.15) is 49.0 Å². The molecule has 0 aliphatic heterocycles. The molecule has 1 saturated carbocycles. The van der Waals surface area contributed by atoms with Crippen LogP contribution in [0.25, 0.3) is 0 Å². The van der Waals surface area contributed by atoms with Gasteiger partial charge in [-0.05, 0) is 37.0 Å². The van der Waals surface area contributed by atoms with E-state index in [1.54, 1.807) is 36.2 Å². The quantitative estimate of drug-likeness (QED) is 0.834. The molecule has 6 heteroatoms. The Balaban J connectivity index is 2.00. The number of nitrogens with one attached hydrogen (secondary N) is 1. The molecule has 1 aliphatic rings. The molecule has 2 rings (SSSR count). The number of aliphatic carboxylic acids is 1. The summed E-state index contributed by atoms with van der Waals surface area (Å²) in [7, 11) is 1.75. The lowest BCUT2D eigenvalue weighted by Crippen LogP contribution is -2.59. The number of carboxylic acid groups (broad SMARTS) is 1. The van der Waals surface area contributed by atoms with Gasteiger partial charge in [0.05, 0.1) is 0 Å². The summed E-state index contributed by atoms with van der Waals surface area (Å²) in [6, 6.07) is 6.89. The highest BCUT2D eigenvalue weighted by molar-refractivity contribution is 5.98. The van der Waals surface area contributed by atoms with Crippen molar-refractivity contribution in [1.29, 1.82) is 0 Å². The molecule has 1 aromatic carbocycles. The first-order valence-corrected chi connectivity index (χ1v) is 8.15. The Morgan fingerprint density at radius 1 is 1.21 bits per heavy atom. The van der Waals surface area contributed by atoms with Crippen LogP contribution < -0.4 is 5.32 Å². The van der Waals surface area contributed by atoms with Crippen LogP contribution in [-0.4, -0.2) is 40.4 Å². The number of benzene rings is 1. The molecule has 0 spiro atoms. The van der Waals surface area contributed by atoms with Crippen molar-refractivity contribution < 1.29 is 19.5 Å². The van der Waals surface area contributed by atoms with Crippen molar-refractivity contribution in [3.63, 3.8) is 0 Å². The van der Waals surface area contributed by atoms with E-state index >= 15 is 0 Å². The van der Waals surface area contributed by atoms with Gasteiger partial charge in [-0.2, -0.15) is 0 Å². The second-order valence-electron chi connectivity index (χ2n) is 6.74. The van der Waals surface area contributed by atoms with Crippen molar-refractivity contribution >= 4 is 17.8 Å². The van der Waals surface area contributed by atoms with Crippen molar-refractivity contribution in [3.05, 3.63) is 35.4 Å². The fraction of sp³-hybridized carbons (Fsp3) is 0.500. The van der Waals surface area contributed by atoms with Crippen LogP contribution in [0.2, 0.25) is 0 Å². The molecule has 1 fully saturated rings. The number of carboxylic acids is 1. The third kappa shape index (κ3) is 3.75. The van der Waals surface area contributed by atoms with Crippen LogP contribution in [0.3, 0.4) is 0 Å². The molecule has 1 aromatic rings. The maximum Gasteiger partial charge on any atom is 0.329 e. The minimum Gasteiger partial charge on any atom is -0.480 e. The summed E-state index contributed by atoms with van der Waals surface area (Å²) in [5, 5.41) is 11.9. The molecular formula is C18H24N2O4. The van der Waals surface area contributed by atoms with Gasteiger partial charge < -0.3 is 15.3 Å². The van der Waals surface area contributed by atoms with Crippen molar-refractivity contribution in [1.82, 2.24) is 10.2 Å². The van der Waals surface area contributed by atoms with Crippen molar-refractivity contribution in [2.24, 2.45) is 5.92 Å². The van der Waals surface area contributed by atoms with Crippen molar-refractivity contribution in [2.45, 2.75) is 45.2 Å². The lowest BCUT2D eigenvalue weighted by Gasteiger charge is -2.38. The van der Waals surface area contributed by atoms with E-state index in [2.05, 4.69) is 5.32 Å². The van der Waals surface area contributed by atoms with Crippen LogP contribution >= 0.6 is 0 Å². The lowest BCUT2D eigenvalue weighted by molar-refractivity contribution is -0.148. The van der Waals surface area contributed by atoms with Crippen LogP contribution in [0, 0.1) is 5.92 Å². The highest BCUT2D eigenvalue weighted by Gasteiger charge is 2.45. The van der Waals surface area contributed by atoms with Gasteiger partial charge >= 0.3 is 5.97 Å². The van der Waals surface area contributed by atoms with Crippen molar-refractivity contribution in [3.8, 4) is 0 Å². The third-order valence-corrected chi connectivity index (χ3v) is 4.48. The highest BCUT2D eigenvalue weighted by Crippen LogP contribution is 2.32. The van der Waals surface area contributed by atoms with E-state index in [1.165, 1.54) is 0 Å². The van der Waals surface area contributed by atoms with Gasteiger partial charge in [0.25, 0.3) is 5.91 Å². The van der Waals surface area contributed by atoms with Crippen LogP contribution in [0.4, 0.5) is 0 Å². The average Bonchev–Trinajstić information content (AvgIpc) is 2.50. The summed E-state index contributed by atoms with van der Waals surface area (Å²) in [4.78, 5) is 37.1. The summed E-state index contributed by atoms with van der Waals surface area (Å²) < 4.78 is 0. The molecule has 0 atom stereocenters. The standard InChI is InChI=1S/C18H24N2O4/c1-12(2)16(22)20(3)11-13-5-7-14(8-6-13)15(21)19-18(17(23)24)9-4-10-18/h5-8,12H,4,9-11H2,1-3H3,(H,19,21)(H,23,24).